The molecule has 4 heteroatoms. The van der Waals surface area contributed by atoms with Gasteiger partial charge in [0.1, 0.15) is 16.8 Å². The Balaban J connectivity index is 1.15. The van der Waals surface area contributed by atoms with Crippen LogP contribution in [0.4, 0.5) is 11.4 Å². The van der Waals surface area contributed by atoms with Gasteiger partial charge in [0, 0.05) is 33.5 Å². The number of rotatable bonds is 3. The molecular formula is C42H37N3O. The number of anilines is 2. The number of aromatic nitrogens is 2. The van der Waals surface area contributed by atoms with Gasteiger partial charge in [0.15, 0.2) is 11.4 Å². The number of furan rings is 1. The lowest BCUT2D eigenvalue weighted by atomic mass is 9.59. The van der Waals surface area contributed by atoms with Gasteiger partial charge >= 0.3 is 0 Å². The van der Waals surface area contributed by atoms with Crippen LogP contribution in [0.5, 0.6) is 0 Å². The van der Waals surface area contributed by atoms with Gasteiger partial charge < -0.3 is 9.32 Å². The molecule has 2 aliphatic carbocycles. The van der Waals surface area contributed by atoms with E-state index in [2.05, 4.69) is 105 Å². The first-order chi connectivity index (χ1) is 22.3. The van der Waals surface area contributed by atoms with Crippen LogP contribution in [-0.4, -0.2) is 16.0 Å². The molecule has 0 fully saturated rings. The molecule has 3 heterocycles. The molecule has 0 spiro atoms. The minimum Gasteiger partial charge on any atom is -0.452 e. The molecule has 226 valence electrons. The Morgan fingerprint density at radius 3 is 2.26 bits per heavy atom. The zero-order valence-electron chi connectivity index (χ0n) is 26.8. The molecule has 4 aromatic carbocycles. The molecule has 1 aliphatic heterocycles. The standard InChI is InChI=1S/C42H37N3O/c1-41(2)22-23-42(3,4)33-25-35-31(24-32(33)41)29-14-8-10-16-34(29)45(35)28-20-18-27(19-21-28)40-43-37(26-12-6-5-7-13-26)39-38(44-40)30-15-9-11-17-36(30)46-39/h5-21,24,35H,22-23,25H2,1-4H3. The van der Waals surface area contributed by atoms with E-state index in [-0.39, 0.29) is 16.9 Å². The van der Waals surface area contributed by atoms with E-state index >= 15 is 0 Å². The normalized spacial score (nSPS) is 19.6. The van der Waals surface area contributed by atoms with Crippen molar-refractivity contribution in [3.63, 3.8) is 0 Å². The van der Waals surface area contributed by atoms with Crippen molar-refractivity contribution in [2.75, 3.05) is 4.90 Å². The van der Waals surface area contributed by atoms with Crippen molar-refractivity contribution in [1.82, 2.24) is 9.97 Å². The lowest BCUT2D eigenvalue weighted by Gasteiger charge is -2.47. The molecule has 1 unspecified atom stereocenters. The van der Waals surface area contributed by atoms with E-state index in [0.717, 1.165) is 45.3 Å². The smallest absolute Gasteiger partial charge is 0.180 e. The van der Waals surface area contributed by atoms with Gasteiger partial charge in [0.25, 0.3) is 0 Å². The quantitative estimate of drug-likeness (QED) is 0.203. The van der Waals surface area contributed by atoms with E-state index in [1.165, 1.54) is 35.4 Å². The highest BCUT2D eigenvalue weighted by atomic mass is 16.3. The summed E-state index contributed by atoms with van der Waals surface area (Å²) in [7, 11) is 0. The highest BCUT2D eigenvalue weighted by Crippen LogP contribution is 2.58. The van der Waals surface area contributed by atoms with Gasteiger partial charge in [-0.05, 0) is 83.7 Å². The van der Waals surface area contributed by atoms with E-state index in [1.807, 2.05) is 36.4 Å². The van der Waals surface area contributed by atoms with Gasteiger partial charge in [0.2, 0.25) is 0 Å². The molecule has 0 bridgehead atoms. The summed E-state index contributed by atoms with van der Waals surface area (Å²) < 4.78 is 6.32. The average molecular weight is 600 g/mol. The van der Waals surface area contributed by atoms with E-state index in [1.54, 1.807) is 11.1 Å². The van der Waals surface area contributed by atoms with Crippen LogP contribution in [0.3, 0.4) is 0 Å². The predicted octanol–water partition coefficient (Wildman–Crippen LogP) is 11.2. The van der Waals surface area contributed by atoms with Gasteiger partial charge in [-0.1, -0.05) is 100 Å². The van der Waals surface area contributed by atoms with Crippen LogP contribution < -0.4 is 4.90 Å². The average Bonchev–Trinajstić information content (AvgIpc) is 3.62. The van der Waals surface area contributed by atoms with Crippen molar-refractivity contribution in [1.29, 1.82) is 0 Å². The third-order valence-electron chi connectivity index (χ3n) is 10.8. The SMILES string of the molecule is CC1(C)CCC(C)(C)C2=C1C=C1c3ccccc3N(c3ccc(-c4nc(-c5ccccc5)c5oc6ccccc6c5n4)cc3)C1C2. The van der Waals surface area contributed by atoms with E-state index in [0.29, 0.717) is 5.82 Å². The molecule has 0 saturated carbocycles. The molecule has 3 aliphatic rings. The Morgan fingerprint density at radius 2 is 1.43 bits per heavy atom. The van der Waals surface area contributed by atoms with E-state index in [4.69, 9.17) is 14.4 Å². The summed E-state index contributed by atoms with van der Waals surface area (Å²) in [4.78, 5) is 12.8. The van der Waals surface area contributed by atoms with Gasteiger partial charge in [-0.3, -0.25) is 0 Å². The summed E-state index contributed by atoms with van der Waals surface area (Å²) in [5.74, 6) is 0.700. The number of nitrogens with zero attached hydrogens (tertiary/aromatic N) is 3. The van der Waals surface area contributed by atoms with Crippen molar-refractivity contribution >= 4 is 39.0 Å². The van der Waals surface area contributed by atoms with Gasteiger partial charge in [0.05, 0.1) is 6.04 Å². The maximum absolute atomic E-state index is 6.32. The molecule has 1 atom stereocenters. The Hall–Kier alpha value is -4.96. The number of allylic oxidation sites excluding steroid dienone is 2. The number of hydrogen-bond acceptors (Lipinski definition) is 4. The Labute approximate surface area is 270 Å². The first-order valence-corrected chi connectivity index (χ1v) is 16.5. The Kier molecular flexibility index (Phi) is 5.81. The van der Waals surface area contributed by atoms with E-state index in [9.17, 15) is 0 Å². The number of fused-ring (bicyclic) bond motifs is 6. The zero-order valence-corrected chi connectivity index (χ0v) is 26.8. The molecule has 0 radical (unpaired) electrons. The first kappa shape index (κ1) is 27.4. The highest BCUT2D eigenvalue weighted by Gasteiger charge is 2.45. The van der Waals surface area contributed by atoms with Crippen LogP contribution in [0, 0.1) is 10.8 Å². The number of hydrogen-bond donors (Lipinski definition) is 0. The van der Waals surface area contributed by atoms with Crippen molar-refractivity contribution in [2.24, 2.45) is 10.8 Å². The predicted molar refractivity (Wildman–Crippen MR) is 189 cm³/mol. The maximum Gasteiger partial charge on any atom is 0.180 e. The largest absolute Gasteiger partial charge is 0.452 e. The van der Waals surface area contributed by atoms with Gasteiger partial charge in [-0.25, -0.2) is 9.97 Å². The summed E-state index contributed by atoms with van der Waals surface area (Å²) >= 11 is 0. The Morgan fingerprint density at radius 1 is 0.717 bits per heavy atom. The first-order valence-electron chi connectivity index (χ1n) is 16.5. The second kappa shape index (κ2) is 9.77. The van der Waals surface area contributed by atoms with Gasteiger partial charge in [-0.2, -0.15) is 0 Å². The molecule has 46 heavy (non-hydrogen) atoms. The van der Waals surface area contributed by atoms with E-state index < -0.39 is 0 Å². The fourth-order valence-corrected chi connectivity index (χ4v) is 8.09. The van der Waals surface area contributed by atoms with Crippen molar-refractivity contribution in [2.45, 2.75) is 53.0 Å². The van der Waals surface area contributed by atoms with Crippen molar-refractivity contribution in [3.05, 3.63) is 126 Å². The lowest BCUT2D eigenvalue weighted by Crippen LogP contribution is -2.37. The Bertz CT molecular complexity index is 2230. The fourth-order valence-electron chi connectivity index (χ4n) is 8.09. The fraction of sp³-hybridized carbons (Fsp3) is 0.238. The minimum atomic E-state index is 0.201. The maximum atomic E-state index is 6.32. The molecule has 4 nitrogen and oxygen atoms in total. The van der Waals surface area contributed by atoms with Crippen molar-refractivity contribution in [3.8, 4) is 22.6 Å². The second-order valence-corrected chi connectivity index (χ2v) is 14.5. The molecular weight excluding hydrogens is 562 g/mol. The molecule has 6 aromatic rings. The second-order valence-electron chi connectivity index (χ2n) is 14.5. The van der Waals surface area contributed by atoms with Crippen LogP contribution in [0.1, 0.15) is 52.5 Å². The highest BCUT2D eigenvalue weighted by molar-refractivity contribution is 6.07. The van der Waals surface area contributed by atoms with Crippen LogP contribution in [0.15, 0.2) is 125 Å². The summed E-state index contributed by atoms with van der Waals surface area (Å²) in [6.45, 7) is 9.76. The summed E-state index contributed by atoms with van der Waals surface area (Å²) in [6.07, 6.45) is 6.08. The lowest BCUT2D eigenvalue weighted by molar-refractivity contribution is 0.257. The summed E-state index contributed by atoms with van der Waals surface area (Å²) in [6, 6.07) is 36.4. The molecule has 0 N–H and O–H groups in total. The number of benzene rings is 4. The summed E-state index contributed by atoms with van der Waals surface area (Å²) in [5, 5.41) is 1.00. The zero-order chi connectivity index (χ0) is 31.2. The van der Waals surface area contributed by atoms with Crippen LogP contribution in [0.2, 0.25) is 0 Å². The molecule has 0 amide bonds. The van der Waals surface area contributed by atoms with Gasteiger partial charge in [-0.15, -0.1) is 0 Å². The third-order valence-corrected chi connectivity index (χ3v) is 10.8. The minimum absolute atomic E-state index is 0.201. The molecule has 9 rings (SSSR count). The topological polar surface area (TPSA) is 42.2 Å². The molecule has 0 saturated heterocycles. The van der Waals surface area contributed by atoms with Crippen LogP contribution in [0.25, 0.3) is 50.3 Å². The van der Waals surface area contributed by atoms with Crippen LogP contribution >= 0.6 is 0 Å². The monoisotopic (exact) mass is 599 g/mol. The number of para-hydroxylation sites is 2. The van der Waals surface area contributed by atoms with Crippen LogP contribution in [-0.2, 0) is 0 Å². The van der Waals surface area contributed by atoms with Crippen molar-refractivity contribution < 1.29 is 4.42 Å². The molecule has 2 aromatic heterocycles. The third kappa shape index (κ3) is 4.05. The summed E-state index contributed by atoms with van der Waals surface area (Å²) in [5.41, 5.74) is 14.1.